The first-order valence-corrected chi connectivity index (χ1v) is 5.98. The number of hydrogen-bond donors (Lipinski definition) is 1. The number of fused-ring (bicyclic) bond motifs is 1. The van der Waals surface area contributed by atoms with Gasteiger partial charge in [0.05, 0.1) is 7.11 Å². The molecule has 2 aromatic carbocycles. The second-order valence-electron chi connectivity index (χ2n) is 4.07. The van der Waals surface area contributed by atoms with Gasteiger partial charge < -0.3 is 10.1 Å². The monoisotopic (exact) mass is 251 g/mol. The van der Waals surface area contributed by atoms with E-state index in [4.69, 9.17) is 4.74 Å². The highest BCUT2D eigenvalue weighted by molar-refractivity contribution is 5.94. The van der Waals surface area contributed by atoms with Crippen LogP contribution in [0.2, 0.25) is 0 Å². The first-order chi connectivity index (χ1) is 9.38. The molecular weight excluding hydrogens is 238 g/mol. The second-order valence-corrected chi connectivity index (χ2v) is 4.07. The Morgan fingerprint density at radius 2 is 1.79 bits per heavy atom. The highest BCUT2D eigenvalue weighted by atomic mass is 16.5. The van der Waals surface area contributed by atoms with E-state index in [1.165, 1.54) is 6.33 Å². The Balaban J connectivity index is 2.09. The molecule has 1 N–H and O–H groups in total. The molecule has 0 fully saturated rings. The molecule has 19 heavy (non-hydrogen) atoms. The smallest absolute Gasteiger partial charge is 0.145 e. The number of benzene rings is 2. The van der Waals surface area contributed by atoms with Crippen LogP contribution in [0.3, 0.4) is 0 Å². The van der Waals surface area contributed by atoms with E-state index in [2.05, 4.69) is 15.3 Å². The quantitative estimate of drug-likeness (QED) is 0.775. The Kier molecular flexibility index (Phi) is 2.98. The molecule has 0 radical (unpaired) electrons. The van der Waals surface area contributed by atoms with Crippen molar-refractivity contribution in [3.05, 3.63) is 54.9 Å². The van der Waals surface area contributed by atoms with Crippen molar-refractivity contribution in [3.63, 3.8) is 0 Å². The molecule has 3 aromatic rings. The van der Waals surface area contributed by atoms with Crippen LogP contribution in [0.4, 0.5) is 11.5 Å². The van der Waals surface area contributed by atoms with Crippen molar-refractivity contribution in [1.82, 2.24) is 9.97 Å². The fourth-order valence-corrected chi connectivity index (χ4v) is 1.98. The van der Waals surface area contributed by atoms with Crippen molar-refractivity contribution in [1.29, 1.82) is 0 Å². The standard InChI is InChI=1S/C15H13N3O/c1-19-13-9-5-8-12-14(13)16-10-17-15(12)18-11-6-3-2-4-7-11/h2-10H,1H3,(H,16,17,18). The Morgan fingerprint density at radius 1 is 0.947 bits per heavy atom. The van der Waals surface area contributed by atoms with Gasteiger partial charge in [-0.15, -0.1) is 0 Å². The minimum absolute atomic E-state index is 0.746. The van der Waals surface area contributed by atoms with E-state index < -0.39 is 0 Å². The molecule has 0 aliphatic carbocycles. The third kappa shape index (κ3) is 2.20. The van der Waals surface area contributed by atoms with Gasteiger partial charge in [-0.05, 0) is 24.3 Å². The van der Waals surface area contributed by atoms with Gasteiger partial charge in [-0.25, -0.2) is 9.97 Å². The van der Waals surface area contributed by atoms with Crippen molar-refractivity contribution >= 4 is 22.4 Å². The number of aromatic nitrogens is 2. The van der Waals surface area contributed by atoms with E-state index in [0.29, 0.717) is 0 Å². The molecule has 3 rings (SSSR count). The molecule has 0 bridgehead atoms. The van der Waals surface area contributed by atoms with Crippen molar-refractivity contribution in [2.24, 2.45) is 0 Å². The molecule has 0 saturated carbocycles. The highest BCUT2D eigenvalue weighted by Gasteiger charge is 2.07. The average molecular weight is 251 g/mol. The van der Waals surface area contributed by atoms with Crippen LogP contribution < -0.4 is 10.1 Å². The predicted octanol–water partition coefficient (Wildman–Crippen LogP) is 3.38. The van der Waals surface area contributed by atoms with E-state index in [0.717, 1.165) is 28.2 Å². The van der Waals surface area contributed by atoms with Crippen LogP contribution in [-0.2, 0) is 0 Å². The molecule has 1 heterocycles. The third-order valence-corrected chi connectivity index (χ3v) is 2.88. The van der Waals surface area contributed by atoms with Gasteiger partial charge in [0, 0.05) is 11.1 Å². The Bertz CT molecular complexity index is 698. The largest absolute Gasteiger partial charge is 0.494 e. The maximum Gasteiger partial charge on any atom is 0.145 e. The summed E-state index contributed by atoms with van der Waals surface area (Å²) in [4.78, 5) is 8.58. The van der Waals surface area contributed by atoms with E-state index in [1.807, 2.05) is 48.5 Å². The molecular formula is C15H13N3O. The highest BCUT2D eigenvalue weighted by Crippen LogP contribution is 2.28. The lowest BCUT2D eigenvalue weighted by atomic mass is 10.2. The third-order valence-electron chi connectivity index (χ3n) is 2.88. The first-order valence-electron chi connectivity index (χ1n) is 5.98. The zero-order valence-corrected chi connectivity index (χ0v) is 10.5. The number of nitrogens with one attached hydrogen (secondary N) is 1. The molecule has 4 nitrogen and oxygen atoms in total. The molecule has 0 aliphatic rings. The molecule has 94 valence electrons. The van der Waals surface area contributed by atoms with Gasteiger partial charge >= 0.3 is 0 Å². The molecule has 0 saturated heterocycles. The minimum Gasteiger partial charge on any atom is -0.494 e. The summed E-state index contributed by atoms with van der Waals surface area (Å²) in [5.74, 6) is 1.52. The molecule has 0 unspecified atom stereocenters. The molecule has 0 spiro atoms. The molecule has 0 atom stereocenters. The predicted molar refractivity (Wildman–Crippen MR) is 75.8 cm³/mol. The summed E-state index contributed by atoms with van der Waals surface area (Å²) in [6.45, 7) is 0. The van der Waals surface area contributed by atoms with Gasteiger partial charge in [0.2, 0.25) is 0 Å². The van der Waals surface area contributed by atoms with Gasteiger partial charge in [0.25, 0.3) is 0 Å². The van der Waals surface area contributed by atoms with Crippen LogP contribution in [0.1, 0.15) is 0 Å². The Labute approximate surface area is 111 Å². The summed E-state index contributed by atoms with van der Waals surface area (Å²) in [7, 11) is 1.64. The van der Waals surface area contributed by atoms with Crippen molar-refractivity contribution in [2.45, 2.75) is 0 Å². The summed E-state index contributed by atoms with van der Waals surface area (Å²) in [5, 5.41) is 4.23. The van der Waals surface area contributed by atoms with Gasteiger partial charge in [-0.1, -0.05) is 24.3 Å². The van der Waals surface area contributed by atoms with Crippen LogP contribution in [-0.4, -0.2) is 17.1 Å². The second kappa shape index (κ2) is 4.94. The number of nitrogens with zero attached hydrogens (tertiary/aromatic N) is 2. The topological polar surface area (TPSA) is 47.0 Å². The van der Waals surface area contributed by atoms with E-state index in [1.54, 1.807) is 7.11 Å². The molecule has 0 aliphatic heterocycles. The van der Waals surface area contributed by atoms with E-state index >= 15 is 0 Å². The van der Waals surface area contributed by atoms with Gasteiger partial charge in [0.15, 0.2) is 0 Å². The van der Waals surface area contributed by atoms with Crippen molar-refractivity contribution in [3.8, 4) is 5.75 Å². The van der Waals surface area contributed by atoms with Crippen molar-refractivity contribution in [2.75, 3.05) is 12.4 Å². The van der Waals surface area contributed by atoms with E-state index in [9.17, 15) is 0 Å². The van der Waals surface area contributed by atoms with Crippen LogP contribution in [0.25, 0.3) is 10.9 Å². The minimum atomic E-state index is 0.746. The zero-order valence-electron chi connectivity index (χ0n) is 10.5. The van der Waals surface area contributed by atoms with Gasteiger partial charge in [-0.3, -0.25) is 0 Å². The SMILES string of the molecule is COc1cccc2c(Nc3ccccc3)ncnc12. The summed E-state index contributed by atoms with van der Waals surface area (Å²) in [5.41, 5.74) is 1.80. The normalized spacial score (nSPS) is 10.4. The molecule has 0 amide bonds. The number of rotatable bonds is 3. The Morgan fingerprint density at radius 3 is 2.58 bits per heavy atom. The summed E-state index contributed by atoms with van der Waals surface area (Å²) < 4.78 is 5.31. The lowest BCUT2D eigenvalue weighted by molar-refractivity contribution is 0.419. The number of methoxy groups -OCH3 is 1. The number of hydrogen-bond acceptors (Lipinski definition) is 4. The zero-order chi connectivity index (χ0) is 13.1. The lowest BCUT2D eigenvalue weighted by Crippen LogP contribution is -1.96. The van der Waals surface area contributed by atoms with Crippen molar-refractivity contribution < 1.29 is 4.74 Å². The Hall–Kier alpha value is -2.62. The fourth-order valence-electron chi connectivity index (χ4n) is 1.98. The summed E-state index contributed by atoms with van der Waals surface area (Å²) in [6.07, 6.45) is 1.54. The molecule has 1 aromatic heterocycles. The first kappa shape index (κ1) is 11.5. The maximum atomic E-state index is 5.31. The van der Waals surface area contributed by atoms with E-state index in [-0.39, 0.29) is 0 Å². The molecule has 4 heteroatoms. The summed E-state index contributed by atoms with van der Waals surface area (Å²) in [6, 6.07) is 15.7. The van der Waals surface area contributed by atoms with Gasteiger partial charge in [0.1, 0.15) is 23.4 Å². The van der Waals surface area contributed by atoms with Crippen LogP contribution in [0, 0.1) is 0 Å². The number of para-hydroxylation sites is 2. The number of anilines is 2. The lowest BCUT2D eigenvalue weighted by Gasteiger charge is -2.09. The maximum absolute atomic E-state index is 5.31. The number of ether oxygens (including phenoxy) is 1. The fraction of sp³-hybridized carbons (Fsp3) is 0.0667. The average Bonchev–Trinajstić information content (AvgIpc) is 2.48. The van der Waals surface area contributed by atoms with Crippen LogP contribution >= 0.6 is 0 Å². The van der Waals surface area contributed by atoms with Gasteiger partial charge in [-0.2, -0.15) is 0 Å². The van der Waals surface area contributed by atoms with Crippen LogP contribution in [0.5, 0.6) is 5.75 Å². The summed E-state index contributed by atoms with van der Waals surface area (Å²) >= 11 is 0. The van der Waals surface area contributed by atoms with Crippen LogP contribution in [0.15, 0.2) is 54.9 Å².